The van der Waals surface area contributed by atoms with E-state index in [-0.39, 0.29) is 29.1 Å². The summed E-state index contributed by atoms with van der Waals surface area (Å²) in [5.74, 6) is -3.88. The minimum atomic E-state index is -1.51. The lowest BCUT2D eigenvalue weighted by Gasteiger charge is -2.25. The Bertz CT molecular complexity index is 796. The molecule has 2 aromatic carbocycles. The minimum Gasteiger partial charge on any atom is -0.378 e. The van der Waals surface area contributed by atoms with E-state index in [4.69, 9.17) is 0 Å². The second kappa shape index (κ2) is 7.00. The first-order chi connectivity index (χ1) is 11.9. The highest BCUT2D eigenvalue weighted by Crippen LogP contribution is 2.40. The van der Waals surface area contributed by atoms with Crippen molar-refractivity contribution < 1.29 is 18.0 Å². The van der Waals surface area contributed by atoms with Gasteiger partial charge in [-0.25, -0.2) is 13.2 Å². The van der Waals surface area contributed by atoms with Gasteiger partial charge in [0.1, 0.15) is 5.37 Å². The molecule has 1 amide bonds. The third-order valence-corrected chi connectivity index (χ3v) is 5.37. The topological polar surface area (TPSA) is 23.6 Å². The molecule has 0 bridgehead atoms. The molecule has 1 aliphatic heterocycles. The summed E-state index contributed by atoms with van der Waals surface area (Å²) in [5.41, 5.74) is 1.89. The van der Waals surface area contributed by atoms with E-state index < -0.39 is 17.5 Å². The monoisotopic (exact) mass is 366 g/mol. The molecule has 25 heavy (non-hydrogen) atoms. The highest BCUT2D eigenvalue weighted by Gasteiger charge is 2.33. The van der Waals surface area contributed by atoms with Crippen LogP contribution in [0.25, 0.3) is 0 Å². The number of halogens is 3. The summed E-state index contributed by atoms with van der Waals surface area (Å²) in [7, 11) is 3.86. The summed E-state index contributed by atoms with van der Waals surface area (Å²) in [6.45, 7) is -0.102. The van der Waals surface area contributed by atoms with Gasteiger partial charge in [0, 0.05) is 25.3 Å². The van der Waals surface area contributed by atoms with Crippen LogP contribution >= 0.6 is 11.8 Å². The van der Waals surface area contributed by atoms with Crippen LogP contribution in [0.1, 0.15) is 16.5 Å². The van der Waals surface area contributed by atoms with Crippen LogP contribution in [-0.2, 0) is 11.3 Å². The standard InChI is InChI=1S/C18H17F3N2OS/c1-22(2)13-6-3-11(4-7-13)18-23(15(24)10-25-18)9-12-5-8-14(19)17(21)16(12)20/h3-8,18H,9-10H2,1-2H3. The Balaban J connectivity index is 1.86. The summed E-state index contributed by atoms with van der Waals surface area (Å²) in [6.07, 6.45) is 0. The zero-order valence-electron chi connectivity index (χ0n) is 13.8. The van der Waals surface area contributed by atoms with Crippen molar-refractivity contribution in [1.82, 2.24) is 4.90 Å². The Morgan fingerprint density at radius 3 is 2.40 bits per heavy atom. The van der Waals surface area contributed by atoms with Crippen molar-refractivity contribution in [1.29, 1.82) is 0 Å². The van der Waals surface area contributed by atoms with Gasteiger partial charge in [0.15, 0.2) is 17.5 Å². The van der Waals surface area contributed by atoms with Crippen LogP contribution in [0, 0.1) is 17.5 Å². The van der Waals surface area contributed by atoms with Crippen LogP contribution in [0.15, 0.2) is 36.4 Å². The second-order valence-electron chi connectivity index (χ2n) is 6.01. The third kappa shape index (κ3) is 3.46. The molecule has 7 heteroatoms. The van der Waals surface area contributed by atoms with Crippen LogP contribution in [0.5, 0.6) is 0 Å². The van der Waals surface area contributed by atoms with Gasteiger partial charge in [-0.3, -0.25) is 4.79 Å². The van der Waals surface area contributed by atoms with Crippen molar-refractivity contribution in [3.05, 3.63) is 65.0 Å². The summed E-state index contributed by atoms with van der Waals surface area (Å²) < 4.78 is 40.5. The predicted octanol–water partition coefficient (Wildman–Crippen LogP) is 3.94. The van der Waals surface area contributed by atoms with E-state index in [0.717, 1.165) is 17.3 Å². The zero-order valence-corrected chi connectivity index (χ0v) is 14.6. The molecule has 1 atom stereocenters. The molecule has 1 saturated heterocycles. The number of thioether (sulfide) groups is 1. The smallest absolute Gasteiger partial charge is 0.234 e. The molecular weight excluding hydrogens is 349 g/mol. The fourth-order valence-corrected chi connectivity index (χ4v) is 3.90. The lowest BCUT2D eigenvalue weighted by molar-refractivity contribution is -0.128. The molecule has 0 aliphatic carbocycles. The van der Waals surface area contributed by atoms with Crippen molar-refractivity contribution in [3.8, 4) is 0 Å². The number of amides is 1. The fraction of sp³-hybridized carbons (Fsp3) is 0.278. The highest BCUT2D eigenvalue weighted by molar-refractivity contribution is 8.00. The molecular formula is C18H17F3N2OS. The first-order valence-corrected chi connectivity index (χ1v) is 8.74. The van der Waals surface area contributed by atoms with Gasteiger partial charge in [-0.2, -0.15) is 0 Å². The summed E-state index contributed by atoms with van der Waals surface area (Å²) in [4.78, 5) is 15.7. The Hall–Kier alpha value is -2.15. The van der Waals surface area contributed by atoms with E-state index >= 15 is 0 Å². The maximum atomic E-state index is 13.9. The molecule has 0 spiro atoms. The maximum Gasteiger partial charge on any atom is 0.234 e. The Morgan fingerprint density at radius 1 is 1.08 bits per heavy atom. The largest absolute Gasteiger partial charge is 0.378 e. The zero-order chi connectivity index (χ0) is 18.1. The van der Waals surface area contributed by atoms with Crippen LogP contribution in [0.3, 0.4) is 0 Å². The van der Waals surface area contributed by atoms with Gasteiger partial charge >= 0.3 is 0 Å². The van der Waals surface area contributed by atoms with Crippen molar-refractivity contribution in [3.63, 3.8) is 0 Å². The maximum absolute atomic E-state index is 13.9. The molecule has 3 rings (SSSR count). The van der Waals surface area contributed by atoms with E-state index in [1.807, 2.05) is 43.3 Å². The number of hydrogen-bond donors (Lipinski definition) is 0. The molecule has 1 fully saturated rings. The minimum absolute atomic E-state index is 0.0374. The lowest BCUT2D eigenvalue weighted by atomic mass is 10.1. The van der Waals surface area contributed by atoms with Gasteiger partial charge in [0.05, 0.1) is 12.3 Å². The number of hydrogen-bond acceptors (Lipinski definition) is 3. The SMILES string of the molecule is CN(C)c1ccc(C2SCC(=O)N2Cc2ccc(F)c(F)c2F)cc1. The first-order valence-electron chi connectivity index (χ1n) is 7.69. The van der Waals surface area contributed by atoms with Crippen LogP contribution < -0.4 is 4.90 Å². The number of benzene rings is 2. The average Bonchev–Trinajstić information content (AvgIpc) is 2.96. The molecule has 2 aromatic rings. The molecule has 0 saturated carbocycles. The normalized spacial score (nSPS) is 17.2. The van der Waals surface area contributed by atoms with Crippen molar-refractivity contribution in [2.24, 2.45) is 0 Å². The number of anilines is 1. The number of rotatable bonds is 4. The number of nitrogens with zero attached hydrogens (tertiary/aromatic N) is 2. The summed E-state index contributed by atoms with van der Waals surface area (Å²) in [6, 6.07) is 9.77. The van der Waals surface area contributed by atoms with E-state index in [1.165, 1.54) is 22.7 Å². The first kappa shape index (κ1) is 17.7. The highest BCUT2D eigenvalue weighted by atomic mass is 32.2. The molecule has 1 unspecified atom stereocenters. The Labute approximate surface area is 148 Å². The third-order valence-electron chi connectivity index (χ3n) is 4.12. The van der Waals surface area contributed by atoms with E-state index in [1.54, 1.807) is 0 Å². The molecule has 1 aliphatic rings. The van der Waals surface area contributed by atoms with Crippen LogP contribution in [0.2, 0.25) is 0 Å². The van der Waals surface area contributed by atoms with Gasteiger partial charge in [-0.15, -0.1) is 11.8 Å². The number of carbonyl (C=O) groups excluding carboxylic acids is 1. The van der Waals surface area contributed by atoms with Gasteiger partial charge in [-0.05, 0) is 23.8 Å². The summed E-state index contributed by atoms with van der Waals surface area (Å²) in [5, 5.41) is -0.281. The lowest BCUT2D eigenvalue weighted by Crippen LogP contribution is -2.28. The Morgan fingerprint density at radius 2 is 1.76 bits per heavy atom. The summed E-state index contributed by atoms with van der Waals surface area (Å²) >= 11 is 1.43. The van der Waals surface area contributed by atoms with Crippen molar-refractivity contribution in [2.75, 3.05) is 24.7 Å². The fourth-order valence-electron chi connectivity index (χ4n) is 2.71. The second-order valence-corrected chi connectivity index (χ2v) is 7.07. The molecule has 0 aromatic heterocycles. The molecule has 0 radical (unpaired) electrons. The molecule has 132 valence electrons. The van der Waals surface area contributed by atoms with Crippen molar-refractivity contribution in [2.45, 2.75) is 11.9 Å². The van der Waals surface area contributed by atoms with Crippen LogP contribution in [0.4, 0.5) is 18.9 Å². The van der Waals surface area contributed by atoms with Gasteiger partial charge in [0.25, 0.3) is 0 Å². The van der Waals surface area contributed by atoms with Crippen molar-refractivity contribution >= 4 is 23.4 Å². The van der Waals surface area contributed by atoms with E-state index in [2.05, 4.69) is 0 Å². The Kier molecular flexibility index (Phi) is 4.94. The average molecular weight is 366 g/mol. The van der Waals surface area contributed by atoms with E-state index in [0.29, 0.717) is 0 Å². The van der Waals surface area contributed by atoms with Gasteiger partial charge in [-0.1, -0.05) is 18.2 Å². The van der Waals surface area contributed by atoms with E-state index in [9.17, 15) is 18.0 Å². The predicted molar refractivity (Wildman–Crippen MR) is 92.8 cm³/mol. The molecule has 0 N–H and O–H groups in total. The quantitative estimate of drug-likeness (QED) is 0.766. The molecule has 1 heterocycles. The molecule has 3 nitrogen and oxygen atoms in total. The van der Waals surface area contributed by atoms with Crippen LogP contribution in [-0.4, -0.2) is 30.7 Å². The van der Waals surface area contributed by atoms with Gasteiger partial charge < -0.3 is 9.80 Å². The van der Waals surface area contributed by atoms with Gasteiger partial charge in [0.2, 0.25) is 5.91 Å². The number of carbonyl (C=O) groups is 1.